The molecule has 6 heteroatoms. The van der Waals surface area contributed by atoms with Gasteiger partial charge in [0.25, 0.3) is 0 Å². The summed E-state index contributed by atoms with van der Waals surface area (Å²) in [5.41, 5.74) is 2.14. The Hall–Kier alpha value is -2.89. The first-order valence-corrected chi connectivity index (χ1v) is 8.02. The maximum atomic E-state index is 14.1. The van der Waals surface area contributed by atoms with Gasteiger partial charge in [-0.1, -0.05) is 12.1 Å². The second-order valence-corrected chi connectivity index (χ2v) is 6.37. The summed E-state index contributed by atoms with van der Waals surface area (Å²) < 4.78 is 14.1. The predicted molar refractivity (Wildman–Crippen MR) is 93.1 cm³/mol. The lowest BCUT2D eigenvalue weighted by atomic mass is 10.1. The highest BCUT2D eigenvalue weighted by molar-refractivity contribution is 6.04. The third kappa shape index (κ3) is 3.47. The van der Waals surface area contributed by atoms with Gasteiger partial charge >= 0.3 is 0 Å². The zero-order valence-corrected chi connectivity index (χ0v) is 14.0. The normalized spacial score (nSPS) is 17.0. The maximum absolute atomic E-state index is 14.1. The first-order valence-electron chi connectivity index (χ1n) is 8.02. The highest BCUT2D eigenvalue weighted by atomic mass is 19.1. The van der Waals surface area contributed by atoms with Crippen LogP contribution in [-0.4, -0.2) is 23.5 Å². The van der Waals surface area contributed by atoms with Crippen molar-refractivity contribution in [2.45, 2.75) is 20.3 Å². The molecular formula is C19H19FN2O3. The monoisotopic (exact) mass is 342 g/mol. The van der Waals surface area contributed by atoms with Gasteiger partial charge in [0.1, 0.15) is 11.6 Å². The second-order valence-electron chi connectivity index (χ2n) is 6.37. The number of anilines is 2. The zero-order valence-electron chi connectivity index (χ0n) is 14.0. The van der Waals surface area contributed by atoms with Crippen molar-refractivity contribution in [1.29, 1.82) is 0 Å². The van der Waals surface area contributed by atoms with Crippen molar-refractivity contribution in [3.63, 3.8) is 0 Å². The molecule has 1 heterocycles. The summed E-state index contributed by atoms with van der Waals surface area (Å²) in [4.78, 5) is 26.0. The van der Waals surface area contributed by atoms with Crippen molar-refractivity contribution in [1.82, 2.24) is 0 Å². The second kappa shape index (κ2) is 6.55. The minimum Gasteiger partial charge on any atom is -0.506 e. The van der Waals surface area contributed by atoms with Crippen LogP contribution in [0.1, 0.15) is 17.5 Å². The lowest BCUT2D eigenvalue weighted by Gasteiger charge is -2.18. The van der Waals surface area contributed by atoms with Gasteiger partial charge in [-0.05, 0) is 49.2 Å². The molecule has 2 aromatic carbocycles. The van der Waals surface area contributed by atoms with E-state index < -0.39 is 11.7 Å². The molecular weight excluding hydrogens is 323 g/mol. The lowest BCUT2D eigenvalue weighted by Crippen LogP contribution is -2.28. The molecule has 25 heavy (non-hydrogen) atoms. The summed E-state index contributed by atoms with van der Waals surface area (Å²) >= 11 is 0. The lowest BCUT2D eigenvalue weighted by molar-refractivity contribution is -0.122. The highest BCUT2D eigenvalue weighted by Crippen LogP contribution is 2.30. The molecule has 0 aliphatic carbocycles. The first-order chi connectivity index (χ1) is 11.8. The van der Waals surface area contributed by atoms with Gasteiger partial charge in [0, 0.05) is 13.0 Å². The summed E-state index contributed by atoms with van der Waals surface area (Å²) in [6.07, 6.45) is 0.00568. The molecule has 1 atom stereocenters. The molecule has 0 aromatic heterocycles. The van der Waals surface area contributed by atoms with Gasteiger partial charge in [-0.3, -0.25) is 9.59 Å². The van der Waals surface area contributed by atoms with Crippen molar-refractivity contribution in [3.05, 3.63) is 53.3 Å². The van der Waals surface area contributed by atoms with E-state index in [4.69, 9.17) is 0 Å². The third-order valence-corrected chi connectivity index (χ3v) is 4.30. The number of aryl methyl sites for hydroxylation is 2. The number of nitrogens with one attached hydrogen (secondary N) is 1. The summed E-state index contributed by atoms with van der Waals surface area (Å²) in [6.45, 7) is 3.72. The van der Waals surface area contributed by atoms with E-state index in [1.165, 1.54) is 17.0 Å². The maximum Gasteiger partial charge on any atom is 0.229 e. The quantitative estimate of drug-likeness (QED) is 0.842. The molecule has 0 saturated carbocycles. The number of hydrogen-bond acceptors (Lipinski definition) is 3. The molecule has 1 aliphatic rings. The molecule has 0 bridgehead atoms. The minimum absolute atomic E-state index is 0.00568. The smallest absolute Gasteiger partial charge is 0.229 e. The van der Waals surface area contributed by atoms with E-state index in [1.807, 2.05) is 6.92 Å². The summed E-state index contributed by atoms with van der Waals surface area (Å²) in [5, 5.41) is 12.5. The molecule has 0 radical (unpaired) electrons. The van der Waals surface area contributed by atoms with Gasteiger partial charge in [0.05, 0.1) is 17.3 Å². The molecule has 2 aromatic rings. The van der Waals surface area contributed by atoms with E-state index in [1.54, 1.807) is 31.2 Å². The van der Waals surface area contributed by atoms with E-state index >= 15 is 0 Å². The van der Waals surface area contributed by atoms with Gasteiger partial charge < -0.3 is 15.3 Å². The SMILES string of the molecule is Cc1ccc(N2CC(C(=O)Nc3cc(C)ccc3O)CC2=O)c(F)c1. The fraction of sp³-hybridized carbons (Fsp3) is 0.263. The molecule has 130 valence electrons. The fourth-order valence-electron chi connectivity index (χ4n) is 2.93. The average Bonchev–Trinajstić information content (AvgIpc) is 2.93. The van der Waals surface area contributed by atoms with E-state index in [2.05, 4.69) is 5.32 Å². The molecule has 5 nitrogen and oxygen atoms in total. The van der Waals surface area contributed by atoms with Crippen molar-refractivity contribution in [2.75, 3.05) is 16.8 Å². The van der Waals surface area contributed by atoms with Crippen LogP contribution in [0.4, 0.5) is 15.8 Å². The van der Waals surface area contributed by atoms with Gasteiger partial charge in [0.15, 0.2) is 0 Å². The Kier molecular flexibility index (Phi) is 4.44. The van der Waals surface area contributed by atoms with Crippen LogP contribution in [0.2, 0.25) is 0 Å². The number of rotatable bonds is 3. The van der Waals surface area contributed by atoms with Crippen LogP contribution in [0, 0.1) is 25.6 Å². The Morgan fingerprint density at radius 2 is 1.88 bits per heavy atom. The Balaban J connectivity index is 1.75. The molecule has 0 spiro atoms. The zero-order chi connectivity index (χ0) is 18.1. The minimum atomic E-state index is -0.604. The van der Waals surface area contributed by atoms with E-state index in [9.17, 15) is 19.1 Å². The highest BCUT2D eigenvalue weighted by Gasteiger charge is 2.36. The average molecular weight is 342 g/mol. The van der Waals surface area contributed by atoms with Crippen molar-refractivity contribution < 1.29 is 19.1 Å². The molecule has 1 fully saturated rings. The Morgan fingerprint density at radius 3 is 2.60 bits per heavy atom. The largest absolute Gasteiger partial charge is 0.506 e. The number of aromatic hydroxyl groups is 1. The summed E-state index contributed by atoms with van der Waals surface area (Å²) in [6, 6.07) is 9.52. The van der Waals surface area contributed by atoms with Crippen molar-refractivity contribution >= 4 is 23.2 Å². The van der Waals surface area contributed by atoms with Gasteiger partial charge in [-0.2, -0.15) is 0 Å². The molecule has 1 aliphatic heterocycles. The van der Waals surface area contributed by atoms with Crippen LogP contribution in [-0.2, 0) is 9.59 Å². The third-order valence-electron chi connectivity index (χ3n) is 4.30. The standard InChI is InChI=1S/C19H19FN2O3/c1-11-3-5-16(14(20)7-11)22-10-13(9-18(22)24)19(25)21-15-8-12(2)4-6-17(15)23/h3-8,13,23H,9-10H2,1-2H3,(H,21,25). The van der Waals surface area contributed by atoms with Gasteiger partial charge in [0.2, 0.25) is 11.8 Å². The Morgan fingerprint density at radius 1 is 1.20 bits per heavy atom. The topological polar surface area (TPSA) is 69.6 Å². The van der Waals surface area contributed by atoms with Crippen LogP contribution in [0.3, 0.4) is 0 Å². The van der Waals surface area contributed by atoms with Crippen molar-refractivity contribution in [3.8, 4) is 5.75 Å². The van der Waals surface area contributed by atoms with Crippen LogP contribution >= 0.6 is 0 Å². The first kappa shape index (κ1) is 17.0. The molecule has 2 amide bonds. The Bertz CT molecular complexity index is 851. The number of halogens is 1. The van der Waals surface area contributed by atoms with Crippen LogP contribution in [0.5, 0.6) is 5.75 Å². The van der Waals surface area contributed by atoms with Crippen LogP contribution in [0.15, 0.2) is 36.4 Å². The number of phenolic OH excluding ortho intramolecular Hbond substituents is 1. The molecule has 1 saturated heterocycles. The van der Waals surface area contributed by atoms with Gasteiger partial charge in [-0.25, -0.2) is 4.39 Å². The van der Waals surface area contributed by atoms with Crippen LogP contribution < -0.4 is 10.2 Å². The summed E-state index contributed by atoms with van der Waals surface area (Å²) in [5.74, 6) is -1.79. The number of carbonyl (C=O) groups is 2. The number of hydrogen-bond donors (Lipinski definition) is 2. The summed E-state index contributed by atoms with van der Waals surface area (Å²) in [7, 11) is 0. The molecule has 2 N–H and O–H groups in total. The molecule has 3 rings (SSSR count). The van der Waals surface area contributed by atoms with Gasteiger partial charge in [-0.15, -0.1) is 0 Å². The number of phenols is 1. The van der Waals surface area contributed by atoms with E-state index in [-0.39, 0.29) is 36.2 Å². The number of benzene rings is 2. The number of nitrogens with zero attached hydrogens (tertiary/aromatic N) is 1. The fourth-order valence-corrected chi connectivity index (χ4v) is 2.93. The predicted octanol–water partition coefficient (Wildman–Crippen LogP) is 3.14. The van der Waals surface area contributed by atoms with E-state index in [0.717, 1.165) is 11.1 Å². The van der Waals surface area contributed by atoms with Crippen molar-refractivity contribution in [2.24, 2.45) is 5.92 Å². The Labute approximate surface area is 145 Å². The number of carbonyl (C=O) groups excluding carboxylic acids is 2. The molecule has 1 unspecified atom stereocenters. The number of amides is 2. The van der Waals surface area contributed by atoms with Crippen LogP contribution in [0.25, 0.3) is 0 Å². The van der Waals surface area contributed by atoms with E-state index in [0.29, 0.717) is 5.69 Å².